The third kappa shape index (κ3) is 1.42. The van der Waals surface area contributed by atoms with Gasteiger partial charge in [-0.3, -0.25) is 4.98 Å². The number of benzene rings is 1. The standard InChI is InChI=1S/C11H11ClN2/c1-6-3-8-10(13)4-7(2)14-11(8)5-9(6)12/h3-5H,1-2H3,(H2,13,14). The number of nitrogen functional groups attached to an aromatic ring is 1. The molecule has 0 unspecified atom stereocenters. The van der Waals surface area contributed by atoms with Crippen molar-refractivity contribution < 1.29 is 0 Å². The summed E-state index contributed by atoms with van der Waals surface area (Å²) in [4.78, 5) is 4.37. The molecule has 0 radical (unpaired) electrons. The summed E-state index contributed by atoms with van der Waals surface area (Å²) in [5.41, 5.74) is 9.45. The van der Waals surface area contributed by atoms with Gasteiger partial charge in [0, 0.05) is 21.8 Å². The zero-order chi connectivity index (χ0) is 10.3. The first-order valence-electron chi connectivity index (χ1n) is 4.41. The molecule has 14 heavy (non-hydrogen) atoms. The highest BCUT2D eigenvalue weighted by Gasteiger charge is 2.04. The number of halogens is 1. The zero-order valence-electron chi connectivity index (χ0n) is 8.13. The lowest BCUT2D eigenvalue weighted by atomic mass is 10.1. The van der Waals surface area contributed by atoms with Gasteiger partial charge in [0.15, 0.2) is 0 Å². The summed E-state index contributed by atoms with van der Waals surface area (Å²) in [6.07, 6.45) is 0. The largest absolute Gasteiger partial charge is 0.398 e. The minimum atomic E-state index is 0.731. The first kappa shape index (κ1) is 9.28. The van der Waals surface area contributed by atoms with E-state index in [0.29, 0.717) is 0 Å². The molecule has 0 saturated carbocycles. The van der Waals surface area contributed by atoms with E-state index < -0.39 is 0 Å². The SMILES string of the molecule is Cc1cc(N)c2cc(C)c(Cl)cc2n1. The third-order valence-corrected chi connectivity index (χ3v) is 2.66. The van der Waals surface area contributed by atoms with E-state index in [1.165, 1.54) is 0 Å². The number of fused-ring (bicyclic) bond motifs is 1. The molecule has 0 aliphatic carbocycles. The number of pyridine rings is 1. The number of aryl methyl sites for hydroxylation is 2. The molecule has 0 aliphatic heterocycles. The van der Waals surface area contributed by atoms with Crippen LogP contribution in [0, 0.1) is 13.8 Å². The number of nitrogens with zero attached hydrogens (tertiary/aromatic N) is 1. The zero-order valence-corrected chi connectivity index (χ0v) is 8.89. The summed E-state index contributed by atoms with van der Waals surface area (Å²) >= 11 is 6.01. The first-order valence-corrected chi connectivity index (χ1v) is 4.78. The Morgan fingerprint density at radius 1 is 1.21 bits per heavy atom. The third-order valence-electron chi connectivity index (χ3n) is 2.25. The first-order chi connectivity index (χ1) is 6.58. The summed E-state index contributed by atoms with van der Waals surface area (Å²) in [5, 5.41) is 1.70. The van der Waals surface area contributed by atoms with E-state index in [2.05, 4.69) is 4.98 Å². The van der Waals surface area contributed by atoms with Gasteiger partial charge in [0.05, 0.1) is 5.52 Å². The van der Waals surface area contributed by atoms with Crippen molar-refractivity contribution in [3.05, 3.63) is 34.5 Å². The molecule has 1 aromatic carbocycles. The van der Waals surface area contributed by atoms with Gasteiger partial charge in [-0.15, -0.1) is 0 Å². The van der Waals surface area contributed by atoms with Crippen LogP contribution in [-0.4, -0.2) is 4.98 Å². The number of aromatic nitrogens is 1. The maximum atomic E-state index is 6.01. The summed E-state index contributed by atoms with van der Waals surface area (Å²) < 4.78 is 0. The van der Waals surface area contributed by atoms with E-state index in [1.54, 1.807) is 0 Å². The van der Waals surface area contributed by atoms with Crippen LogP contribution >= 0.6 is 11.6 Å². The molecule has 1 aromatic heterocycles. The Morgan fingerprint density at radius 2 is 1.93 bits per heavy atom. The molecule has 0 saturated heterocycles. The molecule has 0 spiro atoms. The number of anilines is 1. The van der Waals surface area contributed by atoms with Gasteiger partial charge in [-0.05, 0) is 37.6 Å². The van der Waals surface area contributed by atoms with Gasteiger partial charge in [0.2, 0.25) is 0 Å². The van der Waals surface area contributed by atoms with Crippen molar-refractivity contribution in [2.75, 3.05) is 5.73 Å². The van der Waals surface area contributed by atoms with Crippen LogP contribution in [0.3, 0.4) is 0 Å². The van der Waals surface area contributed by atoms with Gasteiger partial charge >= 0.3 is 0 Å². The summed E-state index contributed by atoms with van der Waals surface area (Å²) in [7, 11) is 0. The van der Waals surface area contributed by atoms with Gasteiger partial charge < -0.3 is 5.73 Å². The van der Waals surface area contributed by atoms with E-state index in [-0.39, 0.29) is 0 Å². The Balaban J connectivity index is 2.89. The maximum absolute atomic E-state index is 6.01. The van der Waals surface area contributed by atoms with Crippen molar-refractivity contribution in [3.63, 3.8) is 0 Å². The summed E-state index contributed by atoms with van der Waals surface area (Å²) in [5.74, 6) is 0. The molecule has 2 rings (SSSR count). The molecular weight excluding hydrogens is 196 g/mol. The Hall–Kier alpha value is -1.28. The fourth-order valence-electron chi connectivity index (χ4n) is 1.52. The molecule has 0 aliphatic rings. The molecule has 2 nitrogen and oxygen atoms in total. The topological polar surface area (TPSA) is 38.9 Å². The van der Waals surface area contributed by atoms with E-state index in [1.807, 2.05) is 32.0 Å². The monoisotopic (exact) mass is 206 g/mol. The summed E-state index contributed by atoms with van der Waals surface area (Å²) in [6, 6.07) is 5.70. The van der Waals surface area contributed by atoms with E-state index in [9.17, 15) is 0 Å². The lowest BCUT2D eigenvalue weighted by Crippen LogP contribution is -1.92. The predicted octanol–water partition coefficient (Wildman–Crippen LogP) is 3.09. The van der Waals surface area contributed by atoms with Crippen molar-refractivity contribution in [3.8, 4) is 0 Å². The fourth-order valence-corrected chi connectivity index (χ4v) is 1.68. The van der Waals surface area contributed by atoms with Crippen molar-refractivity contribution in [1.82, 2.24) is 4.98 Å². The Kier molecular flexibility index (Phi) is 2.08. The quantitative estimate of drug-likeness (QED) is 0.720. The van der Waals surface area contributed by atoms with Crippen molar-refractivity contribution >= 4 is 28.2 Å². The lowest BCUT2D eigenvalue weighted by molar-refractivity contribution is 1.25. The highest BCUT2D eigenvalue weighted by Crippen LogP contribution is 2.26. The van der Waals surface area contributed by atoms with Crippen molar-refractivity contribution in [2.45, 2.75) is 13.8 Å². The normalized spacial score (nSPS) is 10.8. The van der Waals surface area contributed by atoms with Crippen LogP contribution in [0.25, 0.3) is 10.9 Å². The minimum absolute atomic E-state index is 0.731. The number of nitrogens with two attached hydrogens (primary N) is 1. The van der Waals surface area contributed by atoms with Gasteiger partial charge in [-0.1, -0.05) is 11.6 Å². The van der Waals surface area contributed by atoms with Crippen LogP contribution in [0.5, 0.6) is 0 Å². The molecule has 3 heteroatoms. The fraction of sp³-hybridized carbons (Fsp3) is 0.182. The van der Waals surface area contributed by atoms with Gasteiger partial charge in [0.25, 0.3) is 0 Å². The Labute approximate surface area is 87.7 Å². The van der Waals surface area contributed by atoms with Crippen molar-refractivity contribution in [1.29, 1.82) is 0 Å². The Morgan fingerprint density at radius 3 is 2.64 bits per heavy atom. The molecule has 0 atom stereocenters. The maximum Gasteiger partial charge on any atom is 0.0740 e. The molecule has 0 bridgehead atoms. The van der Waals surface area contributed by atoms with E-state index in [4.69, 9.17) is 17.3 Å². The second-order valence-corrected chi connectivity index (χ2v) is 3.88. The van der Waals surface area contributed by atoms with Gasteiger partial charge in [-0.25, -0.2) is 0 Å². The van der Waals surface area contributed by atoms with Gasteiger partial charge in [-0.2, -0.15) is 0 Å². The smallest absolute Gasteiger partial charge is 0.0740 e. The van der Waals surface area contributed by atoms with Gasteiger partial charge in [0.1, 0.15) is 0 Å². The van der Waals surface area contributed by atoms with Crippen molar-refractivity contribution in [2.24, 2.45) is 0 Å². The number of hydrogen-bond donors (Lipinski definition) is 1. The molecule has 0 fully saturated rings. The van der Waals surface area contributed by atoms with Crippen LogP contribution in [0.15, 0.2) is 18.2 Å². The average Bonchev–Trinajstić information content (AvgIpc) is 2.08. The number of hydrogen-bond acceptors (Lipinski definition) is 2. The lowest BCUT2D eigenvalue weighted by Gasteiger charge is -2.05. The van der Waals surface area contributed by atoms with Crippen LogP contribution in [0.4, 0.5) is 5.69 Å². The average molecular weight is 207 g/mol. The highest BCUT2D eigenvalue weighted by atomic mass is 35.5. The van der Waals surface area contributed by atoms with Crippen LogP contribution < -0.4 is 5.73 Å². The molecule has 1 heterocycles. The number of rotatable bonds is 0. The summed E-state index contributed by atoms with van der Waals surface area (Å²) in [6.45, 7) is 3.88. The Bertz CT molecular complexity index is 506. The molecule has 0 amide bonds. The second-order valence-electron chi connectivity index (χ2n) is 3.47. The molecular formula is C11H11ClN2. The predicted molar refractivity (Wildman–Crippen MR) is 60.6 cm³/mol. The molecule has 2 aromatic rings. The van der Waals surface area contributed by atoms with Crippen LogP contribution in [-0.2, 0) is 0 Å². The van der Waals surface area contributed by atoms with E-state index >= 15 is 0 Å². The van der Waals surface area contributed by atoms with Crippen LogP contribution in [0.2, 0.25) is 5.02 Å². The second kappa shape index (κ2) is 3.14. The highest BCUT2D eigenvalue weighted by molar-refractivity contribution is 6.32. The van der Waals surface area contributed by atoms with Crippen LogP contribution in [0.1, 0.15) is 11.3 Å². The van der Waals surface area contributed by atoms with E-state index in [0.717, 1.165) is 32.9 Å². The molecule has 72 valence electrons. The minimum Gasteiger partial charge on any atom is -0.398 e. The molecule has 2 N–H and O–H groups in total.